The Kier molecular flexibility index (Phi) is 7.23. The van der Waals surface area contributed by atoms with Crippen LogP contribution in [-0.2, 0) is 25.7 Å². The lowest BCUT2D eigenvalue weighted by Crippen LogP contribution is -2.16. The summed E-state index contributed by atoms with van der Waals surface area (Å²) < 4.78 is 12.0. The van der Waals surface area contributed by atoms with E-state index in [4.69, 9.17) is 14.2 Å². The van der Waals surface area contributed by atoms with Crippen molar-refractivity contribution >= 4 is 39.2 Å². The molecule has 9 heteroatoms. The average Bonchev–Trinajstić information content (AvgIpc) is 3.25. The van der Waals surface area contributed by atoms with Gasteiger partial charge in [-0.3, -0.25) is 4.79 Å². The first-order valence-electron chi connectivity index (χ1n) is 12.4. The highest BCUT2D eigenvalue weighted by molar-refractivity contribution is 9.10. The van der Waals surface area contributed by atoms with Crippen LogP contribution < -0.4 is 15.4 Å². The number of ether oxygens (including phenoxy) is 1. The van der Waals surface area contributed by atoms with E-state index in [9.17, 15) is 4.79 Å². The minimum absolute atomic E-state index is 0.235. The van der Waals surface area contributed by atoms with E-state index >= 15 is 0 Å². The lowest BCUT2D eigenvalue weighted by molar-refractivity contribution is 0.0986. The van der Waals surface area contributed by atoms with Gasteiger partial charge in [-0.05, 0) is 67.0 Å². The number of halogens is 1. The Morgan fingerprint density at radius 3 is 2.62 bits per heavy atom. The fraction of sp³-hybridized carbons (Fsp3) is 0.286. The number of methoxy groups -OCH3 is 1. The molecule has 0 atom stereocenters. The van der Waals surface area contributed by atoms with Crippen molar-refractivity contribution in [1.82, 2.24) is 15.1 Å². The van der Waals surface area contributed by atoms with Gasteiger partial charge in [0.25, 0.3) is 5.91 Å². The zero-order valence-corrected chi connectivity index (χ0v) is 22.6. The Morgan fingerprint density at radius 2 is 1.89 bits per heavy atom. The molecule has 0 fully saturated rings. The Morgan fingerprint density at radius 1 is 1.11 bits per heavy atom. The van der Waals surface area contributed by atoms with Crippen LogP contribution in [0.5, 0.6) is 5.75 Å². The molecule has 8 nitrogen and oxygen atoms in total. The van der Waals surface area contributed by atoms with Crippen molar-refractivity contribution < 1.29 is 14.1 Å². The molecule has 190 valence electrons. The molecule has 0 spiro atoms. The second-order valence-corrected chi connectivity index (χ2v) is 9.76. The molecule has 2 aromatic carbocycles. The zero-order valence-electron chi connectivity index (χ0n) is 21.0. The smallest absolute Gasteiger partial charge is 0.294 e. The van der Waals surface area contributed by atoms with Crippen LogP contribution in [0.2, 0.25) is 0 Å². The van der Waals surface area contributed by atoms with Crippen LogP contribution in [0, 0.1) is 0 Å². The van der Waals surface area contributed by atoms with Crippen LogP contribution in [0.25, 0.3) is 11.4 Å². The van der Waals surface area contributed by atoms with Gasteiger partial charge in [0.05, 0.1) is 12.8 Å². The first kappa shape index (κ1) is 25.0. The summed E-state index contributed by atoms with van der Waals surface area (Å²) in [6.45, 7) is 4.16. The summed E-state index contributed by atoms with van der Waals surface area (Å²) >= 11 is 3.46. The van der Waals surface area contributed by atoms with Gasteiger partial charge in [0.15, 0.2) is 0 Å². The number of benzene rings is 2. The fourth-order valence-corrected chi connectivity index (χ4v) is 5.02. The van der Waals surface area contributed by atoms with Gasteiger partial charge >= 0.3 is 0 Å². The molecule has 4 aromatic rings. The third-order valence-corrected chi connectivity index (χ3v) is 7.10. The van der Waals surface area contributed by atoms with E-state index in [2.05, 4.69) is 50.6 Å². The van der Waals surface area contributed by atoms with Crippen molar-refractivity contribution in [3.05, 3.63) is 75.1 Å². The Labute approximate surface area is 224 Å². The number of carbonyl (C=O) groups is 1. The predicted molar refractivity (Wildman–Crippen MR) is 147 cm³/mol. The Bertz CT molecular complexity index is 1440. The minimum atomic E-state index is -0.292. The summed E-state index contributed by atoms with van der Waals surface area (Å²) in [4.78, 5) is 22.7. The zero-order chi connectivity index (χ0) is 25.9. The summed E-state index contributed by atoms with van der Waals surface area (Å²) in [7, 11) is 1.61. The number of hydrogen-bond donors (Lipinski definition) is 2. The highest BCUT2D eigenvalue weighted by atomic mass is 79.9. The molecule has 0 saturated heterocycles. The standard InChI is InChI=1S/C28H28BrN5O3/c1-4-16-8-6-9-17(5-2)23(16)32-27(35)26-20-11-7-10-18-15-30-28(33-24(18)25(20)34-37-26)31-21-13-12-19(29)14-22(21)36-3/h6,8-9,12-15H,4-5,7,10-11H2,1-3H3,(H,32,35)(H,30,31,33). The normalized spacial score (nSPS) is 12.3. The molecule has 37 heavy (non-hydrogen) atoms. The Hall–Kier alpha value is -3.72. The molecular formula is C28H28BrN5O3. The molecule has 1 amide bonds. The number of anilines is 3. The molecule has 1 aliphatic carbocycles. The number of rotatable bonds is 7. The van der Waals surface area contributed by atoms with Gasteiger partial charge < -0.3 is 19.9 Å². The molecule has 2 heterocycles. The lowest BCUT2D eigenvalue weighted by Gasteiger charge is -2.13. The first-order chi connectivity index (χ1) is 18.0. The molecule has 1 aliphatic rings. The van der Waals surface area contributed by atoms with Gasteiger partial charge in [-0.15, -0.1) is 0 Å². The topological polar surface area (TPSA) is 102 Å². The van der Waals surface area contributed by atoms with Gasteiger partial charge in [-0.1, -0.05) is 53.1 Å². The molecule has 0 unspecified atom stereocenters. The van der Waals surface area contributed by atoms with Crippen LogP contribution in [0.1, 0.15) is 53.1 Å². The average molecular weight is 562 g/mol. The minimum Gasteiger partial charge on any atom is -0.495 e. The second kappa shape index (κ2) is 10.7. The van der Waals surface area contributed by atoms with E-state index in [0.717, 1.165) is 63.8 Å². The predicted octanol–water partition coefficient (Wildman–Crippen LogP) is 6.51. The number of fused-ring (bicyclic) bond motifs is 3. The summed E-state index contributed by atoms with van der Waals surface area (Å²) in [5.41, 5.74) is 6.78. The highest BCUT2D eigenvalue weighted by Gasteiger charge is 2.28. The number of nitrogens with zero attached hydrogens (tertiary/aromatic N) is 3. The number of aryl methyl sites for hydroxylation is 3. The number of aromatic nitrogens is 3. The lowest BCUT2D eigenvalue weighted by atomic mass is 10.0. The van der Waals surface area contributed by atoms with E-state index < -0.39 is 0 Å². The quantitative estimate of drug-likeness (QED) is 0.265. The molecular weight excluding hydrogens is 534 g/mol. The van der Waals surface area contributed by atoms with Crippen LogP contribution in [0.4, 0.5) is 17.3 Å². The molecule has 0 radical (unpaired) electrons. The van der Waals surface area contributed by atoms with Crippen molar-refractivity contribution in [2.24, 2.45) is 0 Å². The second-order valence-electron chi connectivity index (χ2n) is 8.84. The highest BCUT2D eigenvalue weighted by Crippen LogP contribution is 2.35. The number of hydrogen-bond acceptors (Lipinski definition) is 7. The summed E-state index contributed by atoms with van der Waals surface area (Å²) in [5, 5.41) is 10.7. The van der Waals surface area contributed by atoms with E-state index in [1.54, 1.807) is 7.11 Å². The molecule has 0 aliphatic heterocycles. The SMILES string of the molecule is CCc1cccc(CC)c1NC(=O)c1onc2c1CCCc1cnc(Nc3ccc(Br)cc3OC)nc1-2. The third-order valence-electron chi connectivity index (χ3n) is 6.60. The fourth-order valence-electron chi connectivity index (χ4n) is 4.68. The van der Waals surface area contributed by atoms with Crippen LogP contribution >= 0.6 is 15.9 Å². The van der Waals surface area contributed by atoms with E-state index in [1.807, 2.05) is 42.6 Å². The van der Waals surface area contributed by atoms with Gasteiger partial charge in [0.2, 0.25) is 11.7 Å². The Balaban J connectivity index is 1.48. The van der Waals surface area contributed by atoms with E-state index in [0.29, 0.717) is 29.5 Å². The number of carbonyl (C=O) groups excluding carboxylic acids is 1. The maximum absolute atomic E-state index is 13.4. The third kappa shape index (κ3) is 4.96. The van der Waals surface area contributed by atoms with Crippen molar-refractivity contribution in [3.63, 3.8) is 0 Å². The van der Waals surface area contributed by atoms with Crippen molar-refractivity contribution in [2.75, 3.05) is 17.7 Å². The largest absolute Gasteiger partial charge is 0.495 e. The maximum atomic E-state index is 13.4. The molecule has 0 bridgehead atoms. The monoisotopic (exact) mass is 561 g/mol. The van der Waals surface area contributed by atoms with Gasteiger partial charge in [0.1, 0.15) is 17.1 Å². The van der Waals surface area contributed by atoms with Crippen molar-refractivity contribution in [3.8, 4) is 17.1 Å². The summed E-state index contributed by atoms with van der Waals surface area (Å²) in [6, 6.07) is 11.8. The number of nitrogens with one attached hydrogen (secondary N) is 2. The summed E-state index contributed by atoms with van der Waals surface area (Å²) in [5.74, 6) is 1.01. The summed E-state index contributed by atoms with van der Waals surface area (Å²) in [6.07, 6.45) is 5.74. The van der Waals surface area contributed by atoms with Crippen LogP contribution in [0.3, 0.4) is 0 Å². The van der Waals surface area contributed by atoms with Gasteiger partial charge in [-0.2, -0.15) is 0 Å². The first-order valence-corrected chi connectivity index (χ1v) is 13.2. The van der Waals surface area contributed by atoms with Crippen LogP contribution in [-0.4, -0.2) is 28.1 Å². The van der Waals surface area contributed by atoms with Crippen LogP contribution in [0.15, 0.2) is 51.6 Å². The molecule has 2 N–H and O–H groups in total. The molecule has 2 aromatic heterocycles. The number of para-hydroxylation sites is 1. The van der Waals surface area contributed by atoms with Crippen molar-refractivity contribution in [1.29, 1.82) is 0 Å². The van der Waals surface area contributed by atoms with Gasteiger partial charge in [-0.25, -0.2) is 9.97 Å². The number of amides is 1. The molecule has 0 saturated carbocycles. The van der Waals surface area contributed by atoms with E-state index in [1.165, 1.54) is 0 Å². The van der Waals surface area contributed by atoms with Gasteiger partial charge in [0, 0.05) is 21.9 Å². The maximum Gasteiger partial charge on any atom is 0.294 e. The van der Waals surface area contributed by atoms with E-state index in [-0.39, 0.29) is 11.7 Å². The van der Waals surface area contributed by atoms with Crippen molar-refractivity contribution in [2.45, 2.75) is 46.0 Å². The molecule has 5 rings (SSSR count).